The van der Waals surface area contributed by atoms with E-state index >= 15 is 0 Å². The standard InChI is InChI=1S/C14H18BrFN2S/c15-11-4-5-12(13(16)10-11)14(19)17-6-3-9-18-7-1-2-8-18/h4-5,10H,1-3,6-9H2,(H,17,19). The Hall–Kier alpha value is -0.520. The summed E-state index contributed by atoms with van der Waals surface area (Å²) in [6.07, 6.45) is 3.67. The van der Waals surface area contributed by atoms with Crippen molar-refractivity contribution < 1.29 is 4.39 Å². The molecule has 2 nitrogen and oxygen atoms in total. The lowest BCUT2D eigenvalue weighted by Gasteiger charge is -2.15. The van der Waals surface area contributed by atoms with Crippen LogP contribution in [-0.4, -0.2) is 36.1 Å². The molecule has 2 rings (SSSR count). The maximum Gasteiger partial charge on any atom is 0.134 e. The predicted molar refractivity (Wildman–Crippen MR) is 84.1 cm³/mol. The van der Waals surface area contributed by atoms with Crippen molar-refractivity contribution in [1.29, 1.82) is 0 Å². The lowest BCUT2D eigenvalue weighted by atomic mass is 10.2. The first kappa shape index (κ1) is 14.9. The van der Waals surface area contributed by atoms with Crippen LogP contribution in [0.15, 0.2) is 22.7 Å². The molecule has 1 aliphatic rings. The smallest absolute Gasteiger partial charge is 0.134 e. The number of rotatable bonds is 5. The Balaban J connectivity index is 1.74. The van der Waals surface area contributed by atoms with Crippen LogP contribution in [0.1, 0.15) is 24.8 Å². The molecular weight excluding hydrogens is 327 g/mol. The van der Waals surface area contributed by atoms with Crippen molar-refractivity contribution in [3.8, 4) is 0 Å². The largest absolute Gasteiger partial charge is 0.376 e. The third-order valence-electron chi connectivity index (χ3n) is 3.31. The van der Waals surface area contributed by atoms with Crippen molar-refractivity contribution in [3.63, 3.8) is 0 Å². The summed E-state index contributed by atoms with van der Waals surface area (Å²) in [7, 11) is 0. The van der Waals surface area contributed by atoms with Gasteiger partial charge in [0.2, 0.25) is 0 Å². The van der Waals surface area contributed by atoms with Gasteiger partial charge in [-0.2, -0.15) is 0 Å². The Labute approximate surface area is 127 Å². The van der Waals surface area contributed by atoms with Crippen LogP contribution in [0.3, 0.4) is 0 Å². The minimum Gasteiger partial charge on any atom is -0.376 e. The topological polar surface area (TPSA) is 15.3 Å². The van der Waals surface area contributed by atoms with Crippen molar-refractivity contribution >= 4 is 33.1 Å². The number of benzene rings is 1. The van der Waals surface area contributed by atoms with Crippen molar-refractivity contribution in [1.82, 2.24) is 10.2 Å². The van der Waals surface area contributed by atoms with E-state index in [1.54, 1.807) is 12.1 Å². The Morgan fingerprint density at radius 1 is 1.37 bits per heavy atom. The number of likely N-dealkylation sites (tertiary alicyclic amines) is 1. The molecular formula is C14H18BrFN2S. The molecule has 0 radical (unpaired) electrons. The van der Waals surface area contributed by atoms with Gasteiger partial charge in [0.15, 0.2) is 0 Å². The highest BCUT2D eigenvalue weighted by molar-refractivity contribution is 9.10. The van der Waals surface area contributed by atoms with Crippen LogP contribution in [0.5, 0.6) is 0 Å². The van der Waals surface area contributed by atoms with E-state index in [2.05, 4.69) is 26.1 Å². The second-order valence-corrected chi connectivity index (χ2v) is 6.11. The molecule has 1 aliphatic heterocycles. The van der Waals surface area contributed by atoms with Crippen molar-refractivity contribution in [3.05, 3.63) is 34.1 Å². The summed E-state index contributed by atoms with van der Waals surface area (Å²) in [4.78, 5) is 2.96. The Bertz CT molecular complexity index is 447. The first-order valence-corrected chi connectivity index (χ1v) is 7.82. The van der Waals surface area contributed by atoms with Gasteiger partial charge in [-0.15, -0.1) is 0 Å². The summed E-state index contributed by atoms with van der Waals surface area (Å²) in [5.41, 5.74) is 0.472. The van der Waals surface area contributed by atoms with Gasteiger partial charge in [-0.3, -0.25) is 0 Å². The average Bonchev–Trinajstić information content (AvgIpc) is 2.87. The van der Waals surface area contributed by atoms with Gasteiger partial charge in [-0.25, -0.2) is 4.39 Å². The molecule has 1 N–H and O–H groups in total. The predicted octanol–water partition coefficient (Wildman–Crippen LogP) is 3.34. The Morgan fingerprint density at radius 2 is 2.11 bits per heavy atom. The van der Waals surface area contributed by atoms with E-state index in [1.807, 2.05) is 0 Å². The number of nitrogens with one attached hydrogen (secondary N) is 1. The molecule has 1 saturated heterocycles. The summed E-state index contributed by atoms with van der Waals surface area (Å²) in [6, 6.07) is 4.94. The molecule has 1 aromatic rings. The van der Waals surface area contributed by atoms with Gasteiger partial charge in [0.1, 0.15) is 10.8 Å². The summed E-state index contributed by atoms with van der Waals surface area (Å²) in [5.74, 6) is -0.286. The SMILES string of the molecule is Fc1cc(Br)ccc1C(=S)NCCCN1CCCC1. The first-order valence-electron chi connectivity index (χ1n) is 6.62. The van der Waals surface area contributed by atoms with Crippen LogP contribution in [0.25, 0.3) is 0 Å². The number of hydrogen-bond donors (Lipinski definition) is 1. The average molecular weight is 345 g/mol. The fraction of sp³-hybridized carbons (Fsp3) is 0.500. The Kier molecular flexibility index (Phi) is 5.73. The summed E-state index contributed by atoms with van der Waals surface area (Å²) in [5, 5.41) is 3.13. The zero-order valence-electron chi connectivity index (χ0n) is 10.8. The molecule has 0 spiro atoms. The van der Waals surface area contributed by atoms with E-state index in [-0.39, 0.29) is 5.82 Å². The normalized spacial score (nSPS) is 15.7. The van der Waals surface area contributed by atoms with Crippen LogP contribution in [0.2, 0.25) is 0 Å². The molecule has 0 unspecified atom stereocenters. The van der Waals surface area contributed by atoms with Crippen molar-refractivity contribution in [2.45, 2.75) is 19.3 Å². The number of thiocarbonyl (C=S) groups is 1. The van der Waals surface area contributed by atoms with E-state index < -0.39 is 0 Å². The molecule has 0 atom stereocenters. The summed E-state index contributed by atoms with van der Waals surface area (Å²) < 4.78 is 14.4. The van der Waals surface area contributed by atoms with Gasteiger partial charge in [-0.05, 0) is 57.1 Å². The molecule has 1 heterocycles. The summed E-state index contributed by atoms with van der Waals surface area (Å²) in [6.45, 7) is 4.32. The van der Waals surface area contributed by atoms with E-state index in [4.69, 9.17) is 12.2 Å². The van der Waals surface area contributed by atoms with Crippen LogP contribution in [0.4, 0.5) is 4.39 Å². The highest BCUT2D eigenvalue weighted by atomic mass is 79.9. The lowest BCUT2D eigenvalue weighted by molar-refractivity contribution is 0.334. The second kappa shape index (κ2) is 7.31. The third kappa shape index (κ3) is 4.51. The van der Waals surface area contributed by atoms with Gasteiger partial charge >= 0.3 is 0 Å². The van der Waals surface area contributed by atoms with Crippen LogP contribution < -0.4 is 5.32 Å². The molecule has 19 heavy (non-hydrogen) atoms. The third-order valence-corrected chi connectivity index (χ3v) is 4.17. The van der Waals surface area contributed by atoms with Crippen molar-refractivity contribution in [2.24, 2.45) is 0 Å². The fourth-order valence-electron chi connectivity index (χ4n) is 2.28. The molecule has 5 heteroatoms. The van der Waals surface area contributed by atoms with E-state index in [9.17, 15) is 4.39 Å². The fourth-order valence-corrected chi connectivity index (χ4v) is 2.88. The van der Waals surface area contributed by atoms with E-state index in [0.717, 1.165) is 24.0 Å². The Morgan fingerprint density at radius 3 is 2.79 bits per heavy atom. The van der Waals surface area contributed by atoms with E-state index in [1.165, 1.54) is 32.0 Å². The second-order valence-electron chi connectivity index (χ2n) is 4.78. The van der Waals surface area contributed by atoms with Crippen molar-refractivity contribution in [2.75, 3.05) is 26.2 Å². The highest BCUT2D eigenvalue weighted by Gasteiger charge is 2.11. The monoisotopic (exact) mass is 344 g/mol. The molecule has 1 aromatic carbocycles. The molecule has 1 fully saturated rings. The number of nitrogens with zero attached hydrogens (tertiary/aromatic N) is 1. The van der Waals surface area contributed by atoms with Gasteiger partial charge in [0.25, 0.3) is 0 Å². The van der Waals surface area contributed by atoms with Gasteiger partial charge in [-0.1, -0.05) is 28.1 Å². The number of hydrogen-bond acceptors (Lipinski definition) is 2. The minimum absolute atomic E-state index is 0.286. The molecule has 0 saturated carbocycles. The van der Waals surface area contributed by atoms with Crippen LogP contribution in [-0.2, 0) is 0 Å². The first-order chi connectivity index (χ1) is 9.16. The minimum atomic E-state index is -0.286. The number of halogens is 2. The zero-order valence-corrected chi connectivity index (χ0v) is 13.2. The molecule has 0 amide bonds. The van der Waals surface area contributed by atoms with Gasteiger partial charge in [0.05, 0.1) is 0 Å². The molecule has 0 bridgehead atoms. The van der Waals surface area contributed by atoms with Crippen LogP contribution >= 0.6 is 28.1 Å². The highest BCUT2D eigenvalue weighted by Crippen LogP contribution is 2.15. The summed E-state index contributed by atoms with van der Waals surface area (Å²) >= 11 is 8.46. The molecule has 0 aromatic heterocycles. The van der Waals surface area contributed by atoms with Gasteiger partial charge < -0.3 is 10.2 Å². The molecule has 104 valence electrons. The maximum atomic E-state index is 13.7. The van der Waals surface area contributed by atoms with Gasteiger partial charge in [0, 0.05) is 16.6 Å². The maximum absolute atomic E-state index is 13.7. The molecule has 0 aliphatic carbocycles. The van der Waals surface area contributed by atoms with E-state index in [0.29, 0.717) is 10.6 Å². The zero-order chi connectivity index (χ0) is 13.7. The quantitative estimate of drug-likeness (QED) is 0.651. The lowest BCUT2D eigenvalue weighted by Crippen LogP contribution is -2.28. The van der Waals surface area contributed by atoms with Crippen LogP contribution in [0, 0.1) is 5.82 Å².